The fourth-order valence-electron chi connectivity index (χ4n) is 2.01. The van der Waals surface area contributed by atoms with Crippen molar-refractivity contribution in [3.8, 4) is 5.69 Å². The second kappa shape index (κ2) is 8.75. The van der Waals surface area contributed by atoms with Gasteiger partial charge in [0.15, 0.2) is 5.96 Å². The topological polar surface area (TPSA) is 54.2 Å². The summed E-state index contributed by atoms with van der Waals surface area (Å²) in [5.41, 5.74) is 1.69. The van der Waals surface area contributed by atoms with Crippen molar-refractivity contribution in [2.45, 2.75) is 26.1 Å². The van der Waals surface area contributed by atoms with E-state index in [2.05, 4.69) is 20.7 Å². The Labute approximate surface area is 148 Å². The molecule has 2 aromatic rings. The molecule has 0 bridgehead atoms. The molecule has 9 heteroatoms. The molecule has 0 amide bonds. The van der Waals surface area contributed by atoms with E-state index in [1.807, 2.05) is 25.3 Å². The lowest BCUT2D eigenvalue weighted by atomic mass is 10.3. The maximum absolute atomic E-state index is 12.2. The highest BCUT2D eigenvalue weighted by Gasteiger charge is 2.26. The standard InChI is InChI=1S/C16H19ClF3N5/c1-2-21-15(22-8-7-16(18,19)20)23-9-12-10-24-25(11-12)14-5-3-13(17)4-6-14/h3-6,10-11H,2,7-9H2,1H3,(H2,21,22,23). The van der Waals surface area contributed by atoms with Crippen LogP contribution in [-0.2, 0) is 6.54 Å². The molecule has 0 fully saturated rings. The van der Waals surface area contributed by atoms with Gasteiger partial charge in [0.25, 0.3) is 0 Å². The summed E-state index contributed by atoms with van der Waals surface area (Å²) in [6, 6.07) is 7.21. The highest BCUT2D eigenvalue weighted by atomic mass is 35.5. The van der Waals surface area contributed by atoms with E-state index in [1.165, 1.54) is 0 Å². The number of rotatable bonds is 6. The van der Waals surface area contributed by atoms with Crippen molar-refractivity contribution in [3.63, 3.8) is 0 Å². The van der Waals surface area contributed by atoms with Crippen LogP contribution in [0.3, 0.4) is 0 Å². The van der Waals surface area contributed by atoms with E-state index >= 15 is 0 Å². The molecule has 1 aromatic heterocycles. The molecular formula is C16H19ClF3N5. The van der Waals surface area contributed by atoms with E-state index < -0.39 is 12.6 Å². The number of nitrogens with one attached hydrogen (secondary N) is 2. The van der Waals surface area contributed by atoms with Gasteiger partial charge in [-0.15, -0.1) is 0 Å². The molecule has 0 atom stereocenters. The van der Waals surface area contributed by atoms with Gasteiger partial charge in [0.05, 0.1) is 24.8 Å². The van der Waals surface area contributed by atoms with Crippen LogP contribution in [0, 0.1) is 0 Å². The van der Waals surface area contributed by atoms with Gasteiger partial charge in [0, 0.05) is 29.9 Å². The third-order valence-corrected chi connectivity index (χ3v) is 3.44. The number of aliphatic imine (C=N–C) groups is 1. The minimum absolute atomic E-state index is 0.223. The van der Waals surface area contributed by atoms with Crippen LogP contribution in [0.15, 0.2) is 41.7 Å². The number of alkyl halides is 3. The minimum atomic E-state index is -4.19. The lowest BCUT2D eigenvalue weighted by Gasteiger charge is -2.12. The molecule has 0 radical (unpaired) electrons. The van der Waals surface area contributed by atoms with Crippen molar-refractivity contribution >= 4 is 17.6 Å². The van der Waals surface area contributed by atoms with Crippen LogP contribution in [0.2, 0.25) is 5.02 Å². The summed E-state index contributed by atoms with van der Waals surface area (Å²) >= 11 is 5.86. The monoisotopic (exact) mass is 373 g/mol. The Bertz CT molecular complexity index is 695. The van der Waals surface area contributed by atoms with Crippen molar-refractivity contribution in [2.75, 3.05) is 13.1 Å². The zero-order chi connectivity index (χ0) is 18.3. The minimum Gasteiger partial charge on any atom is -0.357 e. The molecule has 2 N–H and O–H groups in total. The van der Waals surface area contributed by atoms with Crippen LogP contribution >= 0.6 is 11.6 Å². The van der Waals surface area contributed by atoms with Crippen molar-refractivity contribution in [1.82, 2.24) is 20.4 Å². The quantitative estimate of drug-likeness (QED) is 0.601. The molecule has 0 spiro atoms. The van der Waals surface area contributed by atoms with Gasteiger partial charge in [-0.1, -0.05) is 11.6 Å². The molecule has 136 valence electrons. The summed E-state index contributed by atoms with van der Waals surface area (Å²) in [5, 5.41) is 10.5. The van der Waals surface area contributed by atoms with Gasteiger partial charge in [0.2, 0.25) is 0 Å². The van der Waals surface area contributed by atoms with Gasteiger partial charge in [-0.2, -0.15) is 18.3 Å². The Hall–Kier alpha value is -2.22. The molecular weight excluding hydrogens is 355 g/mol. The first kappa shape index (κ1) is 19.1. The number of aromatic nitrogens is 2. The van der Waals surface area contributed by atoms with Crippen LogP contribution in [-0.4, -0.2) is 35.0 Å². The van der Waals surface area contributed by atoms with E-state index in [0.717, 1.165) is 11.3 Å². The first-order valence-corrected chi connectivity index (χ1v) is 8.13. The number of hydrogen-bond acceptors (Lipinski definition) is 2. The number of benzene rings is 1. The van der Waals surface area contributed by atoms with Crippen molar-refractivity contribution in [3.05, 3.63) is 47.2 Å². The molecule has 0 aliphatic carbocycles. The van der Waals surface area contributed by atoms with E-state index in [9.17, 15) is 13.2 Å². The van der Waals surface area contributed by atoms with E-state index in [4.69, 9.17) is 11.6 Å². The highest BCUT2D eigenvalue weighted by molar-refractivity contribution is 6.30. The Morgan fingerprint density at radius 3 is 2.60 bits per heavy atom. The summed E-state index contributed by atoms with van der Waals surface area (Å²) in [6.45, 7) is 2.48. The Morgan fingerprint density at radius 1 is 1.24 bits per heavy atom. The van der Waals surface area contributed by atoms with Gasteiger partial charge in [-0.05, 0) is 31.2 Å². The molecule has 5 nitrogen and oxygen atoms in total. The third kappa shape index (κ3) is 6.66. The largest absolute Gasteiger partial charge is 0.390 e. The van der Waals surface area contributed by atoms with Gasteiger partial charge >= 0.3 is 6.18 Å². The van der Waals surface area contributed by atoms with Gasteiger partial charge < -0.3 is 10.6 Å². The zero-order valence-corrected chi connectivity index (χ0v) is 14.4. The van der Waals surface area contributed by atoms with Crippen molar-refractivity contribution in [1.29, 1.82) is 0 Å². The summed E-state index contributed by atoms with van der Waals surface area (Å²) < 4.78 is 38.3. The van der Waals surface area contributed by atoms with Crippen molar-refractivity contribution in [2.24, 2.45) is 4.99 Å². The number of hydrogen-bond donors (Lipinski definition) is 2. The predicted octanol–water partition coefficient (Wildman–Crippen LogP) is 3.53. The fraction of sp³-hybridized carbons (Fsp3) is 0.375. The highest BCUT2D eigenvalue weighted by Crippen LogP contribution is 2.18. The molecule has 0 aliphatic rings. The lowest BCUT2D eigenvalue weighted by molar-refractivity contribution is -0.132. The van der Waals surface area contributed by atoms with Crippen LogP contribution in [0.1, 0.15) is 18.9 Å². The smallest absolute Gasteiger partial charge is 0.357 e. The number of halogens is 4. The second-order valence-corrected chi connectivity index (χ2v) is 5.69. The second-order valence-electron chi connectivity index (χ2n) is 5.26. The number of nitrogens with zero attached hydrogens (tertiary/aromatic N) is 3. The normalized spacial score (nSPS) is 12.3. The maximum atomic E-state index is 12.2. The molecule has 2 rings (SSSR count). The Balaban J connectivity index is 1.96. The summed E-state index contributed by atoms with van der Waals surface area (Å²) in [7, 11) is 0. The maximum Gasteiger partial charge on any atom is 0.390 e. The summed E-state index contributed by atoms with van der Waals surface area (Å²) in [5.74, 6) is 0.339. The molecule has 1 aromatic carbocycles. The predicted molar refractivity (Wildman–Crippen MR) is 92.1 cm³/mol. The molecule has 0 saturated carbocycles. The Kier molecular flexibility index (Phi) is 6.69. The van der Waals surface area contributed by atoms with Crippen LogP contribution in [0.5, 0.6) is 0 Å². The van der Waals surface area contributed by atoms with E-state index in [-0.39, 0.29) is 6.54 Å². The average Bonchev–Trinajstić information content (AvgIpc) is 3.01. The molecule has 1 heterocycles. The number of guanidine groups is 1. The van der Waals surface area contributed by atoms with Gasteiger partial charge in [0.1, 0.15) is 0 Å². The van der Waals surface area contributed by atoms with Crippen LogP contribution in [0.4, 0.5) is 13.2 Å². The first-order chi connectivity index (χ1) is 11.9. The van der Waals surface area contributed by atoms with E-state index in [1.54, 1.807) is 23.0 Å². The zero-order valence-electron chi connectivity index (χ0n) is 13.6. The average molecular weight is 374 g/mol. The molecule has 25 heavy (non-hydrogen) atoms. The van der Waals surface area contributed by atoms with E-state index in [0.29, 0.717) is 24.1 Å². The molecule has 0 unspecified atom stereocenters. The fourth-order valence-corrected chi connectivity index (χ4v) is 2.14. The molecule has 0 aliphatic heterocycles. The Morgan fingerprint density at radius 2 is 1.96 bits per heavy atom. The van der Waals surface area contributed by atoms with Crippen LogP contribution in [0.25, 0.3) is 5.69 Å². The first-order valence-electron chi connectivity index (χ1n) is 7.76. The molecule has 0 saturated heterocycles. The summed E-state index contributed by atoms with van der Waals surface area (Å²) in [4.78, 5) is 4.28. The third-order valence-electron chi connectivity index (χ3n) is 3.19. The van der Waals surface area contributed by atoms with Crippen molar-refractivity contribution < 1.29 is 13.2 Å². The van der Waals surface area contributed by atoms with Gasteiger partial charge in [-0.25, -0.2) is 9.67 Å². The lowest BCUT2D eigenvalue weighted by Crippen LogP contribution is -2.38. The SMILES string of the molecule is CCNC(=NCc1cnn(-c2ccc(Cl)cc2)c1)NCCC(F)(F)F. The summed E-state index contributed by atoms with van der Waals surface area (Å²) in [6.07, 6.45) is -1.63. The van der Waals surface area contributed by atoms with Crippen LogP contribution < -0.4 is 10.6 Å². The van der Waals surface area contributed by atoms with Gasteiger partial charge in [-0.3, -0.25) is 0 Å².